The van der Waals surface area contributed by atoms with Crippen molar-refractivity contribution in [3.05, 3.63) is 52.8 Å². The molecule has 0 spiro atoms. The zero-order valence-electron chi connectivity index (χ0n) is 15.1. The van der Waals surface area contributed by atoms with Crippen LogP contribution in [0.2, 0.25) is 0 Å². The van der Waals surface area contributed by atoms with Crippen LogP contribution < -0.4 is 5.63 Å². The third kappa shape index (κ3) is 4.69. The number of rotatable bonds is 9. The number of carbonyl (C=O) groups is 1. The van der Waals surface area contributed by atoms with Gasteiger partial charge in [-0.25, -0.2) is 9.78 Å². The summed E-state index contributed by atoms with van der Waals surface area (Å²) in [6.07, 6.45) is 8.37. The number of ketones is 1. The van der Waals surface area contributed by atoms with Crippen LogP contribution in [0.4, 0.5) is 0 Å². The topological polar surface area (TPSA) is 76.0 Å². The highest BCUT2D eigenvalue weighted by atomic mass is 16.4. The van der Waals surface area contributed by atoms with Crippen LogP contribution in [0.25, 0.3) is 22.2 Å². The molecule has 0 amide bonds. The smallest absolute Gasteiger partial charge is 0.336 e. The van der Waals surface area contributed by atoms with Crippen LogP contribution in [0, 0.1) is 0 Å². The van der Waals surface area contributed by atoms with Gasteiger partial charge < -0.3 is 9.40 Å². The molecule has 136 valence electrons. The van der Waals surface area contributed by atoms with E-state index in [0.717, 1.165) is 54.6 Å². The van der Waals surface area contributed by atoms with Crippen molar-refractivity contribution in [1.29, 1.82) is 0 Å². The third-order valence-corrected chi connectivity index (χ3v) is 4.57. The molecule has 0 saturated heterocycles. The van der Waals surface area contributed by atoms with E-state index in [1.54, 1.807) is 6.07 Å². The molecule has 0 aliphatic rings. The Kier molecular flexibility index (Phi) is 6.00. The minimum Gasteiger partial charge on any atom is -0.423 e. The summed E-state index contributed by atoms with van der Waals surface area (Å²) >= 11 is 0. The summed E-state index contributed by atoms with van der Waals surface area (Å²) in [5.41, 5.74) is 2.22. The number of aryl methyl sites for hydroxylation is 1. The summed E-state index contributed by atoms with van der Waals surface area (Å²) in [5.74, 6) is 1.33. The van der Waals surface area contributed by atoms with Crippen molar-refractivity contribution in [2.75, 3.05) is 0 Å². The monoisotopic (exact) mass is 352 g/mol. The number of aromatic nitrogens is 2. The number of nitrogens with zero attached hydrogens (tertiary/aromatic N) is 1. The molecule has 0 saturated carbocycles. The molecule has 0 bridgehead atoms. The van der Waals surface area contributed by atoms with Gasteiger partial charge in [-0.05, 0) is 37.1 Å². The minimum atomic E-state index is -0.340. The quantitative estimate of drug-likeness (QED) is 0.449. The molecular weight excluding hydrogens is 328 g/mol. The van der Waals surface area contributed by atoms with E-state index in [0.29, 0.717) is 24.2 Å². The van der Waals surface area contributed by atoms with E-state index < -0.39 is 0 Å². The van der Waals surface area contributed by atoms with E-state index in [1.807, 2.05) is 31.3 Å². The van der Waals surface area contributed by atoms with E-state index >= 15 is 0 Å². The Morgan fingerprint density at radius 1 is 1.12 bits per heavy atom. The second-order valence-electron chi connectivity index (χ2n) is 6.56. The SMILES string of the molecule is CCC(=O)CCCCCCc1ncc(-c2ccc3oc(=O)ccc3c2)[nH]1. The average molecular weight is 352 g/mol. The van der Waals surface area contributed by atoms with E-state index in [2.05, 4.69) is 9.97 Å². The number of H-pyrrole nitrogens is 1. The number of hydrogen-bond donors (Lipinski definition) is 1. The summed E-state index contributed by atoms with van der Waals surface area (Å²) in [6, 6.07) is 8.92. The van der Waals surface area contributed by atoms with Crippen LogP contribution in [0.3, 0.4) is 0 Å². The van der Waals surface area contributed by atoms with Crippen LogP contribution in [-0.4, -0.2) is 15.8 Å². The van der Waals surface area contributed by atoms with Crippen LogP contribution in [0.15, 0.2) is 45.7 Å². The first-order chi connectivity index (χ1) is 12.7. The Bertz CT molecular complexity index is 940. The normalized spacial score (nSPS) is 11.1. The first-order valence-corrected chi connectivity index (χ1v) is 9.25. The van der Waals surface area contributed by atoms with Crippen molar-refractivity contribution in [2.24, 2.45) is 0 Å². The Labute approximate surface area is 152 Å². The highest BCUT2D eigenvalue weighted by Crippen LogP contribution is 2.22. The van der Waals surface area contributed by atoms with Crippen molar-refractivity contribution in [2.45, 2.75) is 51.9 Å². The molecule has 2 aromatic heterocycles. The van der Waals surface area contributed by atoms with Gasteiger partial charge in [0.15, 0.2) is 0 Å². The van der Waals surface area contributed by atoms with E-state index in [9.17, 15) is 9.59 Å². The molecule has 0 unspecified atom stereocenters. The summed E-state index contributed by atoms with van der Waals surface area (Å²) in [4.78, 5) is 30.4. The van der Waals surface area contributed by atoms with Crippen LogP contribution >= 0.6 is 0 Å². The second kappa shape index (κ2) is 8.61. The number of fused-ring (bicyclic) bond motifs is 1. The van der Waals surface area contributed by atoms with Crippen molar-refractivity contribution in [3.63, 3.8) is 0 Å². The number of hydrogen-bond acceptors (Lipinski definition) is 4. The first kappa shape index (κ1) is 18.1. The van der Waals surface area contributed by atoms with Crippen LogP contribution in [0.1, 0.15) is 51.3 Å². The molecule has 26 heavy (non-hydrogen) atoms. The minimum absolute atomic E-state index is 0.340. The molecule has 0 aliphatic heterocycles. The largest absolute Gasteiger partial charge is 0.423 e. The summed E-state index contributed by atoms with van der Waals surface area (Å²) in [7, 11) is 0. The highest BCUT2D eigenvalue weighted by molar-refractivity contribution is 5.82. The van der Waals surface area contributed by atoms with Gasteiger partial charge in [-0.3, -0.25) is 4.79 Å². The fourth-order valence-electron chi connectivity index (χ4n) is 3.02. The lowest BCUT2D eigenvalue weighted by atomic mass is 10.1. The van der Waals surface area contributed by atoms with E-state index in [-0.39, 0.29) is 5.63 Å². The molecule has 5 heteroatoms. The number of imidazole rings is 1. The first-order valence-electron chi connectivity index (χ1n) is 9.25. The van der Waals surface area contributed by atoms with Gasteiger partial charge in [-0.2, -0.15) is 0 Å². The van der Waals surface area contributed by atoms with Crippen molar-refractivity contribution >= 4 is 16.8 Å². The Hall–Kier alpha value is -2.69. The predicted molar refractivity (Wildman–Crippen MR) is 102 cm³/mol. The van der Waals surface area contributed by atoms with Crippen LogP contribution in [-0.2, 0) is 11.2 Å². The summed E-state index contributed by atoms with van der Waals surface area (Å²) in [5, 5.41) is 0.889. The van der Waals surface area contributed by atoms with Gasteiger partial charge in [0.05, 0.1) is 11.9 Å². The molecule has 0 aliphatic carbocycles. The number of Topliss-reactive ketones (excluding diaryl/α,β-unsaturated/α-hetero) is 1. The third-order valence-electron chi connectivity index (χ3n) is 4.57. The van der Waals surface area contributed by atoms with Gasteiger partial charge in [-0.15, -0.1) is 0 Å². The fourth-order valence-corrected chi connectivity index (χ4v) is 3.02. The zero-order chi connectivity index (χ0) is 18.4. The highest BCUT2D eigenvalue weighted by Gasteiger charge is 2.06. The molecule has 3 aromatic rings. The lowest BCUT2D eigenvalue weighted by molar-refractivity contribution is -0.118. The molecule has 5 nitrogen and oxygen atoms in total. The predicted octanol–water partition coefficient (Wildman–Crippen LogP) is 4.66. The van der Waals surface area contributed by atoms with Gasteiger partial charge in [0, 0.05) is 36.3 Å². The maximum atomic E-state index is 11.3. The number of nitrogens with one attached hydrogen (secondary N) is 1. The number of benzene rings is 1. The fraction of sp³-hybridized carbons (Fsp3) is 0.381. The Balaban J connectivity index is 1.54. The lowest BCUT2D eigenvalue weighted by Crippen LogP contribution is -1.95. The molecule has 2 heterocycles. The molecule has 1 aromatic carbocycles. The van der Waals surface area contributed by atoms with Gasteiger partial charge in [-0.1, -0.05) is 19.8 Å². The second-order valence-corrected chi connectivity index (χ2v) is 6.56. The summed E-state index contributed by atoms with van der Waals surface area (Å²) in [6.45, 7) is 1.92. The van der Waals surface area contributed by atoms with E-state index in [1.165, 1.54) is 6.07 Å². The number of unbranched alkanes of at least 4 members (excludes halogenated alkanes) is 3. The van der Waals surface area contributed by atoms with Crippen molar-refractivity contribution < 1.29 is 9.21 Å². The molecule has 0 radical (unpaired) electrons. The van der Waals surface area contributed by atoms with Crippen LogP contribution in [0.5, 0.6) is 0 Å². The number of aromatic amines is 1. The van der Waals surface area contributed by atoms with Gasteiger partial charge in [0.2, 0.25) is 0 Å². The summed E-state index contributed by atoms with van der Waals surface area (Å²) < 4.78 is 5.16. The van der Waals surface area contributed by atoms with Crippen molar-refractivity contribution in [3.8, 4) is 11.3 Å². The average Bonchev–Trinajstić information content (AvgIpc) is 3.12. The Morgan fingerprint density at radius 3 is 2.81 bits per heavy atom. The molecule has 1 N–H and O–H groups in total. The maximum Gasteiger partial charge on any atom is 0.336 e. The molecule has 0 atom stereocenters. The molecule has 3 rings (SSSR count). The molecular formula is C21H24N2O3. The van der Waals surface area contributed by atoms with Gasteiger partial charge in [0.1, 0.15) is 17.2 Å². The lowest BCUT2D eigenvalue weighted by Gasteiger charge is -2.01. The standard InChI is InChI=1S/C21H24N2O3/c1-2-17(24)7-5-3-4-6-8-20-22-14-18(23-20)15-9-11-19-16(13-15)10-12-21(25)26-19/h9-14H,2-8H2,1H3,(H,22,23). The number of carbonyl (C=O) groups excluding carboxylic acids is 1. The van der Waals surface area contributed by atoms with Gasteiger partial charge in [0.25, 0.3) is 0 Å². The Morgan fingerprint density at radius 2 is 1.96 bits per heavy atom. The van der Waals surface area contributed by atoms with Crippen molar-refractivity contribution in [1.82, 2.24) is 9.97 Å². The van der Waals surface area contributed by atoms with E-state index in [4.69, 9.17) is 4.42 Å². The maximum absolute atomic E-state index is 11.3. The molecule has 0 fully saturated rings. The van der Waals surface area contributed by atoms with Gasteiger partial charge >= 0.3 is 5.63 Å². The zero-order valence-corrected chi connectivity index (χ0v) is 15.1.